The average Bonchev–Trinajstić information content (AvgIpc) is 2.26. The Bertz CT molecular complexity index is 212. The lowest BCUT2D eigenvalue weighted by Gasteiger charge is -2.40. The molecule has 2 aliphatic rings. The van der Waals surface area contributed by atoms with Gasteiger partial charge < -0.3 is 4.65 Å². The average molecular weight is 254 g/mol. The van der Waals surface area contributed by atoms with Crippen LogP contribution in [0.5, 0.6) is 0 Å². The van der Waals surface area contributed by atoms with Crippen LogP contribution in [0.3, 0.4) is 0 Å². The Morgan fingerprint density at radius 2 is 1.59 bits per heavy atom. The van der Waals surface area contributed by atoms with Gasteiger partial charge in [0.25, 0.3) is 6.92 Å². The molecule has 0 spiro atoms. The fourth-order valence-electron chi connectivity index (χ4n) is 3.65. The molecule has 0 amide bonds. The van der Waals surface area contributed by atoms with Gasteiger partial charge in [-0.2, -0.15) is 12.6 Å². The van der Waals surface area contributed by atoms with E-state index in [-0.39, 0.29) is 0 Å². The maximum Gasteiger partial charge on any atom is 0.299 e. The minimum atomic E-state index is 0.427. The smallest absolute Gasteiger partial charge is 0.299 e. The summed E-state index contributed by atoms with van der Waals surface area (Å²) in [6, 6.07) is 0. The molecule has 2 bridgehead atoms. The van der Waals surface area contributed by atoms with Gasteiger partial charge in [-0.25, -0.2) is 0 Å². The van der Waals surface area contributed by atoms with Gasteiger partial charge in [0.2, 0.25) is 0 Å². The van der Waals surface area contributed by atoms with Crippen molar-refractivity contribution in [3.05, 3.63) is 0 Å². The predicted octanol–water partition coefficient (Wildman–Crippen LogP) is 4.59. The first kappa shape index (κ1) is 13.8. The summed E-state index contributed by atoms with van der Waals surface area (Å²) in [5, 5.41) is 0.506. The molecule has 0 aromatic rings. The first-order valence-electron chi connectivity index (χ1n) is 7.50. The number of hydrogen-bond donors (Lipinski definition) is 1. The van der Waals surface area contributed by atoms with Gasteiger partial charge in [-0.1, -0.05) is 45.4 Å². The van der Waals surface area contributed by atoms with Crippen LogP contribution in [0.25, 0.3) is 0 Å². The van der Waals surface area contributed by atoms with Crippen LogP contribution in [0.2, 0.25) is 11.6 Å². The molecule has 0 radical (unpaired) electrons. The first-order valence-corrected chi connectivity index (χ1v) is 8.02. The van der Waals surface area contributed by atoms with Crippen LogP contribution in [0.4, 0.5) is 0 Å². The minimum Gasteiger partial charge on any atom is -0.433 e. The predicted molar refractivity (Wildman–Crippen MR) is 79.2 cm³/mol. The van der Waals surface area contributed by atoms with E-state index in [0.717, 1.165) is 11.6 Å². The lowest BCUT2D eigenvalue weighted by atomic mass is 9.38. The molecule has 3 heteroatoms. The molecule has 2 aliphatic heterocycles. The fraction of sp³-hybridized carbons (Fsp3) is 1.00. The van der Waals surface area contributed by atoms with Crippen molar-refractivity contribution in [3.63, 3.8) is 0 Å². The van der Waals surface area contributed by atoms with Crippen LogP contribution in [0, 0.1) is 0 Å². The summed E-state index contributed by atoms with van der Waals surface area (Å²) in [5.41, 5.74) is 0. The molecule has 2 unspecified atom stereocenters. The standard InChI is InChI=1S/C14H27BOS/c1-11(9-10-12(2)17)16-15-13-5-3-6-14(15)8-4-7-13/h11-14,17H,3-10H2,1-2H3. The first-order chi connectivity index (χ1) is 8.16. The quantitative estimate of drug-likeness (QED) is 0.557. The molecule has 98 valence electrons. The van der Waals surface area contributed by atoms with Gasteiger partial charge >= 0.3 is 0 Å². The molecule has 1 nitrogen and oxygen atoms in total. The summed E-state index contributed by atoms with van der Waals surface area (Å²) in [7, 11) is 0. The topological polar surface area (TPSA) is 9.23 Å². The van der Waals surface area contributed by atoms with E-state index < -0.39 is 0 Å². The molecule has 2 rings (SSSR count). The molecule has 2 atom stereocenters. The van der Waals surface area contributed by atoms with Gasteiger partial charge in [0, 0.05) is 6.10 Å². The molecule has 0 saturated carbocycles. The van der Waals surface area contributed by atoms with E-state index in [2.05, 4.69) is 26.5 Å². The zero-order valence-electron chi connectivity index (χ0n) is 11.4. The summed E-state index contributed by atoms with van der Waals surface area (Å²) in [5.74, 6) is 1.75. The fourth-order valence-corrected chi connectivity index (χ4v) is 3.80. The third kappa shape index (κ3) is 3.92. The molecule has 2 saturated heterocycles. The van der Waals surface area contributed by atoms with Crippen molar-refractivity contribution in [1.29, 1.82) is 0 Å². The highest BCUT2D eigenvalue weighted by Crippen LogP contribution is 2.47. The summed E-state index contributed by atoms with van der Waals surface area (Å²) < 4.78 is 6.37. The Kier molecular flexibility index (Phi) is 5.29. The van der Waals surface area contributed by atoms with E-state index in [1.807, 2.05) is 0 Å². The zero-order valence-corrected chi connectivity index (χ0v) is 12.3. The van der Waals surface area contributed by atoms with E-state index in [1.165, 1.54) is 51.4 Å². The summed E-state index contributed by atoms with van der Waals surface area (Å²) in [6.07, 6.45) is 11.3. The Hall–Kier alpha value is 0.375. The van der Waals surface area contributed by atoms with Gasteiger partial charge in [-0.15, -0.1) is 0 Å². The molecule has 0 aliphatic carbocycles. The third-order valence-corrected chi connectivity index (χ3v) is 4.87. The van der Waals surface area contributed by atoms with Gasteiger partial charge in [0.05, 0.1) is 0 Å². The largest absolute Gasteiger partial charge is 0.433 e. The van der Waals surface area contributed by atoms with E-state index >= 15 is 0 Å². The second kappa shape index (κ2) is 6.52. The molecule has 0 N–H and O–H groups in total. The summed E-state index contributed by atoms with van der Waals surface area (Å²) in [6.45, 7) is 5.01. The Morgan fingerprint density at radius 1 is 1.06 bits per heavy atom. The molecular formula is C14H27BOS. The van der Waals surface area contributed by atoms with Crippen molar-refractivity contribution in [2.45, 2.75) is 88.2 Å². The Balaban J connectivity index is 1.80. The highest BCUT2D eigenvalue weighted by atomic mass is 32.1. The number of hydrogen-bond acceptors (Lipinski definition) is 2. The lowest BCUT2D eigenvalue weighted by molar-refractivity contribution is 0.182. The normalized spacial score (nSPS) is 32.3. The molecule has 0 aromatic carbocycles. The van der Waals surface area contributed by atoms with Crippen molar-refractivity contribution in [3.8, 4) is 0 Å². The third-order valence-electron chi connectivity index (χ3n) is 4.61. The second-order valence-electron chi connectivity index (χ2n) is 6.22. The molecule has 2 heterocycles. The van der Waals surface area contributed by atoms with Gasteiger partial charge in [-0.3, -0.25) is 0 Å². The monoisotopic (exact) mass is 254 g/mol. The van der Waals surface area contributed by atoms with Crippen molar-refractivity contribution in [2.75, 3.05) is 0 Å². The van der Waals surface area contributed by atoms with E-state index in [4.69, 9.17) is 4.65 Å². The number of thiol groups is 1. The van der Waals surface area contributed by atoms with Crippen LogP contribution < -0.4 is 0 Å². The molecular weight excluding hydrogens is 227 g/mol. The second-order valence-corrected chi connectivity index (χ2v) is 7.10. The molecule has 2 fully saturated rings. The zero-order chi connectivity index (χ0) is 12.3. The minimum absolute atomic E-state index is 0.427. The van der Waals surface area contributed by atoms with Gasteiger partial charge in [0.15, 0.2) is 0 Å². The maximum atomic E-state index is 6.37. The van der Waals surface area contributed by atoms with E-state index in [0.29, 0.717) is 18.3 Å². The molecule has 17 heavy (non-hydrogen) atoms. The summed E-state index contributed by atoms with van der Waals surface area (Å²) in [4.78, 5) is 0. The lowest BCUT2D eigenvalue weighted by Crippen LogP contribution is -2.39. The summed E-state index contributed by atoms with van der Waals surface area (Å²) >= 11 is 4.45. The number of rotatable bonds is 5. The van der Waals surface area contributed by atoms with E-state index in [1.54, 1.807) is 0 Å². The number of fused-ring (bicyclic) bond motifs is 2. The van der Waals surface area contributed by atoms with Crippen molar-refractivity contribution in [2.24, 2.45) is 0 Å². The van der Waals surface area contributed by atoms with E-state index in [9.17, 15) is 0 Å². The van der Waals surface area contributed by atoms with Crippen molar-refractivity contribution >= 4 is 19.5 Å². The highest BCUT2D eigenvalue weighted by molar-refractivity contribution is 7.80. The van der Waals surface area contributed by atoms with Crippen molar-refractivity contribution < 1.29 is 4.65 Å². The van der Waals surface area contributed by atoms with Gasteiger partial charge in [-0.05, 0) is 36.6 Å². The van der Waals surface area contributed by atoms with Crippen LogP contribution in [-0.4, -0.2) is 18.3 Å². The van der Waals surface area contributed by atoms with Crippen LogP contribution >= 0.6 is 12.6 Å². The van der Waals surface area contributed by atoms with Crippen molar-refractivity contribution in [1.82, 2.24) is 0 Å². The van der Waals surface area contributed by atoms with Crippen LogP contribution in [-0.2, 0) is 4.65 Å². The molecule has 0 aromatic heterocycles. The highest BCUT2D eigenvalue weighted by Gasteiger charge is 2.41. The maximum absolute atomic E-state index is 6.37. The van der Waals surface area contributed by atoms with Crippen LogP contribution in [0.15, 0.2) is 0 Å². The SMILES string of the molecule is CC(S)CCC(C)OB1C2CCCC1CCC2. The van der Waals surface area contributed by atoms with Crippen LogP contribution in [0.1, 0.15) is 65.2 Å². The Morgan fingerprint density at radius 3 is 2.06 bits per heavy atom. The Labute approximate surface area is 113 Å². The van der Waals surface area contributed by atoms with Gasteiger partial charge in [0.1, 0.15) is 0 Å².